The molecule has 0 atom stereocenters. The zero-order valence-electron chi connectivity index (χ0n) is 10.5. The van der Waals surface area contributed by atoms with Crippen LogP contribution in [-0.2, 0) is 11.3 Å². The van der Waals surface area contributed by atoms with E-state index in [4.69, 9.17) is 27.4 Å². The lowest BCUT2D eigenvalue weighted by Crippen LogP contribution is -2.09. The molecule has 0 unspecified atom stereocenters. The summed E-state index contributed by atoms with van der Waals surface area (Å²) in [5.41, 5.74) is 7.27. The first-order valence-electron chi connectivity index (χ1n) is 5.70. The number of aromatic nitrogens is 1. The average Bonchev–Trinajstić information content (AvgIpc) is 2.40. The van der Waals surface area contributed by atoms with Gasteiger partial charge in [-0.3, -0.25) is 0 Å². The highest BCUT2D eigenvalue weighted by molar-refractivity contribution is 7.80. The fraction of sp³-hybridized carbons (Fsp3) is 0.143. The molecule has 0 radical (unpaired) electrons. The Bertz CT molecular complexity index is 570. The topological polar surface area (TPSA) is 57.4 Å². The Morgan fingerprint density at radius 3 is 2.79 bits per heavy atom. The fourth-order valence-electron chi connectivity index (χ4n) is 1.57. The van der Waals surface area contributed by atoms with Gasteiger partial charge in [-0.2, -0.15) is 0 Å². The van der Waals surface area contributed by atoms with Crippen LogP contribution in [0.2, 0.25) is 0 Å². The lowest BCUT2D eigenvalue weighted by atomic mass is 10.2. The summed E-state index contributed by atoms with van der Waals surface area (Å²) in [7, 11) is 1.66. The van der Waals surface area contributed by atoms with Gasteiger partial charge in [0.15, 0.2) is 0 Å². The molecule has 0 amide bonds. The summed E-state index contributed by atoms with van der Waals surface area (Å²) in [6, 6.07) is 11.2. The highest BCUT2D eigenvalue weighted by Crippen LogP contribution is 2.20. The smallest absolute Gasteiger partial charge is 0.219 e. The Morgan fingerprint density at radius 2 is 2.16 bits per heavy atom. The van der Waals surface area contributed by atoms with Crippen molar-refractivity contribution < 1.29 is 9.47 Å². The molecule has 2 aromatic rings. The predicted molar refractivity (Wildman–Crippen MR) is 77.4 cm³/mol. The molecule has 1 heterocycles. The third-order valence-electron chi connectivity index (χ3n) is 2.45. The predicted octanol–water partition coefficient (Wildman–Crippen LogP) is 2.65. The SMILES string of the molecule is COCc1cccc(Oc2ccc(C(N)=S)cn2)c1. The first-order chi connectivity index (χ1) is 9.19. The molecule has 0 aliphatic rings. The monoisotopic (exact) mass is 274 g/mol. The van der Waals surface area contributed by atoms with Gasteiger partial charge in [-0.1, -0.05) is 24.4 Å². The van der Waals surface area contributed by atoms with Crippen molar-refractivity contribution in [3.8, 4) is 11.6 Å². The van der Waals surface area contributed by atoms with Crippen molar-refractivity contribution in [2.75, 3.05) is 7.11 Å². The third kappa shape index (κ3) is 3.74. The molecule has 0 bridgehead atoms. The van der Waals surface area contributed by atoms with E-state index in [1.165, 1.54) is 0 Å². The van der Waals surface area contributed by atoms with Crippen LogP contribution in [0.25, 0.3) is 0 Å². The van der Waals surface area contributed by atoms with Crippen LogP contribution in [-0.4, -0.2) is 17.1 Å². The van der Waals surface area contributed by atoms with Gasteiger partial charge < -0.3 is 15.2 Å². The van der Waals surface area contributed by atoms with Crippen LogP contribution in [0.1, 0.15) is 11.1 Å². The van der Waals surface area contributed by atoms with Gasteiger partial charge in [0.2, 0.25) is 5.88 Å². The van der Waals surface area contributed by atoms with Crippen molar-refractivity contribution in [1.82, 2.24) is 4.98 Å². The molecule has 0 spiro atoms. The molecule has 4 nitrogen and oxygen atoms in total. The molecule has 1 aromatic heterocycles. The minimum absolute atomic E-state index is 0.321. The molecule has 0 saturated heterocycles. The van der Waals surface area contributed by atoms with Crippen molar-refractivity contribution in [2.45, 2.75) is 6.61 Å². The number of nitrogens with two attached hydrogens (primary N) is 1. The van der Waals surface area contributed by atoms with E-state index in [0.29, 0.717) is 23.2 Å². The Morgan fingerprint density at radius 1 is 1.32 bits per heavy atom. The molecule has 98 valence electrons. The molecule has 0 saturated carbocycles. The van der Waals surface area contributed by atoms with Crippen molar-refractivity contribution >= 4 is 17.2 Å². The maximum absolute atomic E-state index is 5.65. The molecule has 0 aliphatic heterocycles. The Kier molecular flexibility index (Phi) is 4.43. The first-order valence-corrected chi connectivity index (χ1v) is 6.11. The lowest BCUT2D eigenvalue weighted by molar-refractivity contribution is 0.184. The van der Waals surface area contributed by atoms with E-state index in [1.54, 1.807) is 25.4 Å². The van der Waals surface area contributed by atoms with Crippen LogP contribution >= 0.6 is 12.2 Å². The summed E-state index contributed by atoms with van der Waals surface area (Å²) in [6.45, 7) is 0.547. The number of rotatable bonds is 5. The van der Waals surface area contributed by atoms with Crippen LogP contribution in [0.15, 0.2) is 42.6 Å². The van der Waals surface area contributed by atoms with Crippen molar-refractivity contribution in [1.29, 1.82) is 0 Å². The van der Waals surface area contributed by atoms with Gasteiger partial charge >= 0.3 is 0 Å². The minimum Gasteiger partial charge on any atom is -0.439 e. The minimum atomic E-state index is 0.321. The van der Waals surface area contributed by atoms with E-state index in [-0.39, 0.29) is 0 Å². The fourth-order valence-corrected chi connectivity index (χ4v) is 1.69. The second-order valence-corrected chi connectivity index (χ2v) is 4.37. The van der Waals surface area contributed by atoms with Gasteiger partial charge in [0.05, 0.1) is 6.61 Å². The van der Waals surface area contributed by atoms with Gasteiger partial charge in [0.1, 0.15) is 10.7 Å². The summed E-state index contributed by atoms with van der Waals surface area (Å²) in [5.74, 6) is 1.21. The Hall–Kier alpha value is -1.98. The van der Waals surface area contributed by atoms with E-state index < -0.39 is 0 Å². The largest absolute Gasteiger partial charge is 0.439 e. The summed E-state index contributed by atoms with van der Waals surface area (Å²) in [5, 5.41) is 0. The van der Waals surface area contributed by atoms with E-state index in [9.17, 15) is 0 Å². The maximum atomic E-state index is 5.65. The maximum Gasteiger partial charge on any atom is 0.219 e. The first kappa shape index (κ1) is 13.5. The number of benzene rings is 1. The van der Waals surface area contributed by atoms with Crippen LogP contribution in [0.3, 0.4) is 0 Å². The third-order valence-corrected chi connectivity index (χ3v) is 2.69. The van der Waals surface area contributed by atoms with E-state index in [1.807, 2.05) is 24.3 Å². The van der Waals surface area contributed by atoms with Crippen molar-refractivity contribution in [2.24, 2.45) is 5.73 Å². The van der Waals surface area contributed by atoms with Crippen molar-refractivity contribution in [3.63, 3.8) is 0 Å². The van der Waals surface area contributed by atoms with Gasteiger partial charge in [-0.25, -0.2) is 4.98 Å². The highest BCUT2D eigenvalue weighted by atomic mass is 32.1. The molecule has 1 aromatic carbocycles. The highest BCUT2D eigenvalue weighted by Gasteiger charge is 2.02. The summed E-state index contributed by atoms with van der Waals surface area (Å²) < 4.78 is 10.7. The van der Waals surface area contributed by atoms with Gasteiger partial charge in [0, 0.05) is 24.9 Å². The number of pyridine rings is 1. The second-order valence-electron chi connectivity index (χ2n) is 3.93. The Labute approximate surface area is 117 Å². The standard InChI is InChI=1S/C14H14N2O2S/c1-17-9-10-3-2-4-12(7-10)18-13-6-5-11(8-16-13)14(15)19/h2-8H,9H2,1H3,(H2,15,19). The Balaban J connectivity index is 2.12. The molecule has 5 heteroatoms. The van der Waals surface area contributed by atoms with Crippen LogP contribution in [0.4, 0.5) is 0 Å². The number of methoxy groups -OCH3 is 1. The molecular weight excluding hydrogens is 260 g/mol. The zero-order valence-corrected chi connectivity index (χ0v) is 11.3. The van der Waals surface area contributed by atoms with Crippen molar-refractivity contribution in [3.05, 3.63) is 53.7 Å². The summed E-state index contributed by atoms with van der Waals surface area (Å²) in [6.07, 6.45) is 1.59. The van der Waals surface area contributed by atoms with Gasteiger partial charge in [-0.15, -0.1) is 0 Å². The van der Waals surface area contributed by atoms with Crippen LogP contribution in [0.5, 0.6) is 11.6 Å². The van der Waals surface area contributed by atoms with Crippen LogP contribution < -0.4 is 10.5 Å². The molecule has 0 fully saturated rings. The molecule has 19 heavy (non-hydrogen) atoms. The average molecular weight is 274 g/mol. The second kappa shape index (κ2) is 6.26. The van der Waals surface area contributed by atoms with E-state index in [0.717, 1.165) is 11.1 Å². The van der Waals surface area contributed by atoms with E-state index in [2.05, 4.69) is 4.98 Å². The number of ether oxygens (including phenoxy) is 2. The number of nitrogens with zero attached hydrogens (tertiary/aromatic N) is 1. The van der Waals surface area contributed by atoms with E-state index >= 15 is 0 Å². The molecular formula is C14H14N2O2S. The molecule has 2 rings (SSSR count). The normalized spacial score (nSPS) is 10.2. The summed E-state index contributed by atoms with van der Waals surface area (Å²) >= 11 is 4.86. The zero-order chi connectivity index (χ0) is 13.7. The number of hydrogen-bond donors (Lipinski definition) is 1. The molecule has 0 aliphatic carbocycles. The lowest BCUT2D eigenvalue weighted by Gasteiger charge is -2.07. The van der Waals surface area contributed by atoms with Gasteiger partial charge in [0.25, 0.3) is 0 Å². The summed E-state index contributed by atoms with van der Waals surface area (Å²) in [4.78, 5) is 4.47. The van der Waals surface area contributed by atoms with Gasteiger partial charge in [-0.05, 0) is 23.8 Å². The quantitative estimate of drug-likeness (QED) is 0.849. The molecule has 2 N–H and O–H groups in total. The number of hydrogen-bond acceptors (Lipinski definition) is 4. The number of thiocarbonyl (C=S) groups is 1. The van der Waals surface area contributed by atoms with Crippen LogP contribution in [0, 0.1) is 0 Å².